The van der Waals surface area contributed by atoms with Crippen LogP contribution in [0, 0.1) is 10.1 Å². The molecule has 2 aromatic rings. The largest absolute Gasteiger partial charge is 0.493 e. The first-order valence-corrected chi connectivity index (χ1v) is 9.36. The third-order valence-electron chi connectivity index (χ3n) is 4.36. The Morgan fingerprint density at radius 3 is 2.83 bits per heavy atom. The number of amides is 2. The maximum atomic E-state index is 12.1. The second-order valence-electron chi connectivity index (χ2n) is 6.65. The van der Waals surface area contributed by atoms with Crippen LogP contribution in [0.25, 0.3) is 6.08 Å². The summed E-state index contributed by atoms with van der Waals surface area (Å²) in [5.41, 5.74) is 6.02. The molecule has 0 aromatic heterocycles. The summed E-state index contributed by atoms with van der Waals surface area (Å²) in [4.78, 5) is 34.4. The molecule has 156 valence electrons. The number of nitro benzene ring substituents is 1. The Morgan fingerprint density at radius 2 is 2.10 bits per heavy atom. The molecular weight excluding hydrogens is 390 g/mol. The molecule has 3 rings (SSSR count). The number of hydrogen-bond donors (Lipinski definition) is 2. The monoisotopic (exact) mass is 411 g/mol. The van der Waals surface area contributed by atoms with Crippen LogP contribution in [0.2, 0.25) is 0 Å². The van der Waals surface area contributed by atoms with E-state index in [-0.39, 0.29) is 17.4 Å². The highest BCUT2D eigenvalue weighted by molar-refractivity contribution is 5.98. The first-order chi connectivity index (χ1) is 14.4. The normalized spacial score (nSPS) is 14.7. The summed E-state index contributed by atoms with van der Waals surface area (Å²) in [7, 11) is 0. The van der Waals surface area contributed by atoms with E-state index in [4.69, 9.17) is 9.47 Å². The molecule has 1 atom stereocenters. The van der Waals surface area contributed by atoms with E-state index in [2.05, 4.69) is 10.9 Å². The van der Waals surface area contributed by atoms with Crippen molar-refractivity contribution in [2.75, 3.05) is 6.61 Å². The molecule has 0 fully saturated rings. The summed E-state index contributed by atoms with van der Waals surface area (Å²) in [6.45, 7) is 4.32. The third-order valence-corrected chi connectivity index (χ3v) is 4.36. The molecule has 0 radical (unpaired) electrons. The second kappa shape index (κ2) is 9.08. The topological polar surface area (TPSA) is 120 Å². The number of benzene rings is 2. The van der Waals surface area contributed by atoms with E-state index in [1.54, 1.807) is 6.08 Å². The highest BCUT2D eigenvalue weighted by Gasteiger charge is 2.21. The molecule has 2 N–H and O–H groups in total. The second-order valence-corrected chi connectivity index (χ2v) is 6.65. The standard InChI is InChI=1S/C21H21N3O6/c1-3-29-18-12-16-9-13(2)30-19(16)11-14(18)7-8-20(25)22-23-21(26)15-5-4-6-17(10-15)24(27)28/h4-8,10-13H,3,9H2,1-2H3,(H,22,25)(H,23,26)/b8-7+/t13-/m0/s1. The van der Waals surface area contributed by atoms with Gasteiger partial charge in [-0.3, -0.25) is 30.6 Å². The number of nitro groups is 1. The van der Waals surface area contributed by atoms with Gasteiger partial charge in [-0.15, -0.1) is 0 Å². The van der Waals surface area contributed by atoms with Gasteiger partial charge in [-0.1, -0.05) is 6.07 Å². The van der Waals surface area contributed by atoms with Crippen molar-refractivity contribution < 1.29 is 24.0 Å². The van der Waals surface area contributed by atoms with Crippen LogP contribution in [0.4, 0.5) is 5.69 Å². The van der Waals surface area contributed by atoms with Crippen LogP contribution in [0.15, 0.2) is 42.5 Å². The fraction of sp³-hybridized carbons (Fsp3) is 0.238. The molecule has 30 heavy (non-hydrogen) atoms. The van der Waals surface area contributed by atoms with E-state index in [0.717, 1.165) is 23.8 Å². The molecule has 0 saturated carbocycles. The van der Waals surface area contributed by atoms with Gasteiger partial charge in [0.1, 0.15) is 17.6 Å². The number of carbonyl (C=O) groups excluding carboxylic acids is 2. The van der Waals surface area contributed by atoms with Gasteiger partial charge >= 0.3 is 0 Å². The number of hydrogen-bond acceptors (Lipinski definition) is 6. The summed E-state index contributed by atoms with van der Waals surface area (Å²) < 4.78 is 11.4. The predicted molar refractivity (Wildman–Crippen MR) is 109 cm³/mol. The number of rotatable bonds is 6. The fourth-order valence-corrected chi connectivity index (χ4v) is 3.02. The first kappa shape index (κ1) is 20.8. The molecule has 9 nitrogen and oxygen atoms in total. The molecule has 9 heteroatoms. The Morgan fingerprint density at radius 1 is 1.30 bits per heavy atom. The van der Waals surface area contributed by atoms with Crippen molar-refractivity contribution in [3.8, 4) is 11.5 Å². The summed E-state index contributed by atoms with van der Waals surface area (Å²) in [6.07, 6.45) is 3.69. The number of carbonyl (C=O) groups is 2. The molecule has 0 unspecified atom stereocenters. The van der Waals surface area contributed by atoms with Gasteiger partial charge in [0, 0.05) is 41.3 Å². The van der Waals surface area contributed by atoms with Crippen LogP contribution in [0.3, 0.4) is 0 Å². The Labute approximate surface area is 172 Å². The molecule has 1 aliphatic heterocycles. The predicted octanol–water partition coefficient (Wildman–Crippen LogP) is 2.79. The van der Waals surface area contributed by atoms with Crippen LogP contribution in [0.5, 0.6) is 11.5 Å². The molecule has 0 spiro atoms. The first-order valence-electron chi connectivity index (χ1n) is 9.36. The number of non-ortho nitro benzene ring substituents is 1. The number of fused-ring (bicyclic) bond motifs is 1. The Hall–Kier alpha value is -3.88. The molecule has 1 aliphatic rings. The molecule has 0 bridgehead atoms. The lowest BCUT2D eigenvalue weighted by Gasteiger charge is -2.10. The Bertz CT molecular complexity index is 1020. The van der Waals surface area contributed by atoms with Crippen molar-refractivity contribution in [1.29, 1.82) is 0 Å². The molecule has 0 aliphatic carbocycles. The van der Waals surface area contributed by atoms with Gasteiger partial charge in [0.25, 0.3) is 17.5 Å². The van der Waals surface area contributed by atoms with Gasteiger partial charge in [-0.05, 0) is 38.1 Å². The van der Waals surface area contributed by atoms with Crippen LogP contribution in [0.1, 0.15) is 35.3 Å². The smallest absolute Gasteiger partial charge is 0.270 e. The van der Waals surface area contributed by atoms with Crippen molar-refractivity contribution in [2.24, 2.45) is 0 Å². The van der Waals surface area contributed by atoms with Gasteiger partial charge in [0.15, 0.2) is 0 Å². The average Bonchev–Trinajstić information content (AvgIpc) is 3.09. The van der Waals surface area contributed by atoms with Crippen molar-refractivity contribution in [2.45, 2.75) is 26.4 Å². The van der Waals surface area contributed by atoms with Crippen molar-refractivity contribution in [3.63, 3.8) is 0 Å². The Kier molecular flexibility index (Phi) is 6.31. The van der Waals surface area contributed by atoms with Gasteiger partial charge in [-0.25, -0.2) is 0 Å². The van der Waals surface area contributed by atoms with Crippen LogP contribution in [-0.2, 0) is 11.2 Å². The Balaban J connectivity index is 1.65. The van der Waals surface area contributed by atoms with Gasteiger partial charge in [0.2, 0.25) is 0 Å². The lowest BCUT2D eigenvalue weighted by atomic mass is 10.1. The molecule has 2 aromatic carbocycles. The summed E-state index contributed by atoms with van der Waals surface area (Å²) in [5.74, 6) is 0.144. The fourth-order valence-electron chi connectivity index (χ4n) is 3.02. The number of ether oxygens (including phenoxy) is 2. The quantitative estimate of drug-likeness (QED) is 0.428. The van der Waals surface area contributed by atoms with Crippen molar-refractivity contribution in [1.82, 2.24) is 10.9 Å². The molecule has 2 amide bonds. The molecule has 0 saturated heterocycles. The van der Waals surface area contributed by atoms with Crippen LogP contribution >= 0.6 is 0 Å². The summed E-state index contributed by atoms with van der Waals surface area (Å²) >= 11 is 0. The van der Waals surface area contributed by atoms with Crippen molar-refractivity contribution >= 4 is 23.6 Å². The van der Waals surface area contributed by atoms with E-state index < -0.39 is 16.7 Å². The average molecular weight is 411 g/mol. The lowest BCUT2D eigenvalue weighted by molar-refractivity contribution is -0.384. The van der Waals surface area contributed by atoms with E-state index >= 15 is 0 Å². The highest BCUT2D eigenvalue weighted by Crippen LogP contribution is 2.35. The zero-order valence-corrected chi connectivity index (χ0v) is 16.5. The van der Waals surface area contributed by atoms with Gasteiger partial charge in [0.05, 0.1) is 11.5 Å². The molecule has 1 heterocycles. The van der Waals surface area contributed by atoms with Crippen LogP contribution < -0.4 is 20.3 Å². The molecular formula is C21H21N3O6. The SMILES string of the molecule is CCOc1cc2c(cc1/C=C/C(=O)NNC(=O)c1cccc([N+](=O)[O-])c1)O[C@@H](C)C2. The number of nitrogens with one attached hydrogen (secondary N) is 2. The maximum absolute atomic E-state index is 12.1. The highest BCUT2D eigenvalue weighted by atomic mass is 16.6. The number of hydrazine groups is 1. The van der Waals surface area contributed by atoms with Crippen molar-refractivity contribution in [3.05, 3.63) is 69.3 Å². The van der Waals surface area contributed by atoms with E-state index in [1.807, 2.05) is 26.0 Å². The minimum absolute atomic E-state index is 0.0528. The third kappa shape index (κ3) is 4.93. The summed E-state index contributed by atoms with van der Waals surface area (Å²) in [5, 5.41) is 10.8. The van der Waals surface area contributed by atoms with E-state index in [1.165, 1.54) is 24.3 Å². The zero-order chi connectivity index (χ0) is 21.7. The van der Waals surface area contributed by atoms with Gasteiger partial charge in [-0.2, -0.15) is 0 Å². The minimum atomic E-state index is -0.671. The van der Waals surface area contributed by atoms with Gasteiger partial charge < -0.3 is 9.47 Å². The maximum Gasteiger partial charge on any atom is 0.270 e. The lowest BCUT2D eigenvalue weighted by Crippen LogP contribution is -2.40. The van der Waals surface area contributed by atoms with E-state index in [9.17, 15) is 19.7 Å². The minimum Gasteiger partial charge on any atom is -0.493 e. The van der Waals surface area contributed by atoms with Crippen LogP contribution in [-0.4, -0.2) is 29.4 Å². The number of nitrogens with zero attached hydrogens (tertiary/aromatic N) is 1. The zero-order valence-electron chi connectivity index (χ0n) is 16.5. The summed E-state index contributed by atoms with van der Waals surface area (Å²) in [6, 6.07) is 8.91. The van der Waals surface area contributed by atoms with E-state index in [0.29, 0.717) is 17.9 Å².